The van der Waals surface area contributed by atoms with Crippen LogP contribution in [0.1, 0.15) is 98.2 Å². The average Bonchev–Trinajstić information content (AvgIpc) is 3.21. The van der Waals surface area contributed by atoms with Gasteiger partial charge in [0.15, 0.2) is 5.78 Å². The summed E-state index contributed by atoms with van der Waals surface area (Å²) in [6.45, 7) is 4.32. The van der Waals surface area contributed by atoms with E-state index in [0.717, 1.165) is 30.7 Å². The standard InChI is InChI=1S/C22H28Br2OS2/c1-3-4-5-6-7-8-9-10-11-12-13-15-17-18(25)16-14(2)21(23)26-19(16)20(17)27-22(15)24/h3-13H2,1-2H3. The zero-order valence-corrected chi connectivity index (χ0v) is 21.1. The van der Waals surface area contributed by atoms with Gasteiger partial charge in [-0.05, 0) is 62.8 Å². The SMILES string of the molecule is CCCCCCCCCCCCc1c(Br)sc2c1C(=O)c1c-2sc(Br)c1C. The zero-order valence-electron chi connectivity index (χ0n) is 16.3. The number of hydrogen-bond donors (Lipinski definition) is 0. The first-order chi connectivity index (χ1) is 13.1. The van der Waals surface area contributed by atoms with Crippen molar-refractivity contribution in [2.75, 3.05) is 0 Å². The number of thiophene rings is 2. The molecule has 0 amide bonds. The van der Waals surface area contributed by atoms with Crippen molar-refractivity contribution in [3.05, 3.63) is 29.8 Å². The van der Waals surface area contributed by atoms with E-state index in [1.54, 1.807) is 22.7 Å². The highest BCUT2D eigenvalue weighted by atomic mass is 79.9. The molecule has 0 saturated heterocycles. The molecule has 0 spiro atoms. The van der Waals surface area contributed by atoms with Gasteiger partial charge in [-0.15, -0.1) is 22.7 Å². The summed E-state index contributed by atoms with van der Waals surface area (Å²) in [5.41, 5.74) is 4.27. The van der Waals surface area contributed by atoms with Crippen molar-refractivity contribution in [3.63, 3.8) is 0 Å². The van der Waals surface area contributed by atoms with Gasteiger partial charge in [0.2, 0.25) is 0 Å². The third kappa shape index (κ3) is 4.79. The van der Waals surface area contributed by atoms with Crippen molar-refractivity contribution in [2.45, 2.75) is 84.5 Å². The van der Waals surface area contributed by atoms with Crippen LogP contribution in [0, 0.1) is 6.92 Å². The molecular formula is C22H28Br2OS2. The van der Waals surface area contributed by atoms with Gasteiger partial charge >= 0.3 is 0 Å². The Balaban J connectivity index is 1.48. The van der Waals surface area contributed by atoms with Gasteiger partial charge in [-0.25, -0.2) is 0 Å². The Morgan fingerprint density at radius 1 is 0.741 bits per heavy atom. The lowest BCUT2D eigenvalue weighted by atomic mass is 10.0. The number of carbonyl (C=O) groups is 1. The number of unbranched alkanes of at least 4 members (excludes halogenated alkanes) is 9. The van der Waals surface area contributed by atoms with E-state index in [9.17, 15) is 4.79 Å². The molecule has 1 nitrogen and oxygen atoms in total. The zero-order chi connectivity index (χ0) is 19.4. The molecule has 0 radical (unpaired) electrons. The summed E-state index contributed by atoms with van der Waals surface area (Å²) >= 11 is 10.8. The molecule has 0 unspecified atom stereocenters. The molecule has 0 N–H and O–H groups in total. The maximum atomic E-state index is 13.0. The second-order valence-electron chi connectivity index (χ2n) is 7.52. The van der Waals surface area contributed by atoms with Crippen LogP contribution in [0.4, 0.5) is 0 Å². The van der Waals surface area contributed by atoms with Gasteiger partial charge in [0.25, 0.3) is 0 Å². The molecule has 27 heavy (non-hydrogen) atoms. The smallest absolute Gasteiger partial charge is 0.196 e. The van der Waals surface area contributed by atoms with Crippen LogP contribution >= 0.6 is 54.5 Å². The minimum atomic E-state index is 0.239. The highest BCUT2D eigenvalue weighted by Crippen LogP contribution is 2.53. The average molecular weight is 532 g/mol. The summed E-state index contributed by atoms with van der Waals surface area (Å²) < 4.78 is 2.25. The largest absolute Gasteiger partial charge is 0.288 e. The fourth-order valence-corrected chi connectivity index (χ4v) is 7.71. The molecule has 1 aliphatic carbocycles. The molecule has 2 aromatic heterocycles. The van der Waals surface area contributed by atoms with E-state index in [0.29, 0.717) is 0 Å². The predicted octanol–water partition coefficient (Wildman–Crippen LogP) is 9.32. The van der Waals surface area contributed by atoms with Crippen LogP contribution < -0.4 is 0 Å². The lowest BCUT2D eigenvalue weighted by molar-refractivity contribution is 0.104. The van der Waals surface area contributed by atoms with Crippen LogP contribution in [0.15, 0.2) is 7.57 Å². The van der Waals surface area contributed by atoms with Crippen molar-refractivity contribution in [3.8, 4) is 9.75 Å². The topological polar surface area (TPSA) is 17.1 Å². The van der Waals surface area contributed by atoms with E-state index in [1.807, 2.05) is 6.92 Å². The predicted molar refractivity (Wildman–Crippen MR) is 127 cm³/mol. The third-order valence-electron chi connectivity index (χ3n) is 5.49. The van der Waals surface area contributed by atoms with Crippen LogP contribution in [-0.4, -0.2) is 5.78 Å². The second-order valence-corrected chi connectivity index (χ2v) is 12.2. The van der Waals surface area contributed by atoms with Crippen molar-refractivity contribution >= 4 is 60.3 Å². The molecule has 0 saturated carbocycles. The normalized spacial score (nSPS) is 12.7. The highest BCUT2D eigenvalue weighted by Gasteiger charge is 2.36. The Kier molecular flexibility index (Phi) is 8.19. The number of ketones is 1. The Hall–Kier alpha value is 0.0300. The summed E-state index contributed by atoms with van der Waals surface area (Å²) in [4.78, 5) is 15.4. The Morgan fingerprint density at radius 3 is 1.89 bits per heavy atom. The van der Waals surface area contributed by atoms with E-state index in [2.05, 4.69) is 38.8 Å². The minimum absolute atomic E-state index is 0.239. The lowest BCUT2D eigenvalue weighted by Crippen LogP contribution is -2.00. The van der Waals surface area contributed by atoms with Crippen molar-refractivity contribution in [1.29, 1.82) is 0 Å². The van der Waals surface area contributed by atoms with E-state index in [-0.39, 0.29) is 5.78 Å². The fraction of sp³-hybridized carbons (Fsp3) is 0.591. The molecule has 0 atom stereocenters. The monoisotopic (exact) mass is 530 g/mol. The fourth-order valence-electron chi connectivity index (χ4n) is 3.89. The first kappa shape index (κ1) is 21.7. The van der Waals surface area contributed by atoms with E-state index >= 15 is 0 Å². The first-order valence-corrected chi connectivity index (χ1v) is 13.4. The summed E-state index contributed by atoms with van der Waals surface area (Å²) in [6, 6.07) is 0. The number of carbonyl (C=O) groups excluding carboxylic acids is 1. The number of hydrogen-bond acceptors (Lipinski definition) is 3. The van der Waals surface area contributed by atoms with E-state index in [4.69, 9.17) is 0 Å². The van der Waals surface area contributed by atoms with Gasteiger partial charge in [-0.1, -0.05) is 64.7 Å². The van der Waals surface area contributed by atoms with Crippen LogP contribution in [-0.2, 0) is 6.42 Å². The second kappa shape index (κ2) is 10.2. The summed E-state index contributed by atoms with van der Waals surface area (Å²) in [5, 5.41) is 0. The van der Waals surface area contributed by atoms with E-state index in [1.165, 1.54) is 79.5 Å². The number of fused-ring (bicyclic) bond motifs is 3. The van der Waals surface area contributed by atoms with Gasteiger partial charge in [-0.3, -0.25) is 4.79 Å². The molecule has 2 heterocycles. The number of halogens is 2. The van der Waals surface area contributed by atoms with Crippen molar-refractivity contribution in [2.24, 2.45) is 0 Å². The molecule has 0 fully saturated rings. The van der Waals surface area contributed by atoms with Gasteiger partial charge in [-0.2, -0.15) is 0 Å². The maximum Gasteiger partial charge on any atom is 0.196 e. The Labute approximate surface area is 188 Å². The molecule has 0 bridgehead atoms. The van der Waals surface area contributed by atoms with Crippen molar-refractivity contribution in [1.82, 2.24) is 0 Å². The summed E-state index contributed by atoms with van der Waals surface area (Å²) in [5.74, 6) is 0.239. The Morgan fingerprint density at radius 2 is 1.26 bits per heavy atom. The maximum absolute atomic E-state index is 13.0. The van der Waals surface area contributed by atoms with Gasteiger partial charge in [0.05, 0.1) is 17.3 Å². The summed E-state index contributed by atoms with van der Waals surface area (Å²) in [7, 11) is 0. The minimum Gasteiger partial charge on any atom is -0.288 e. The van der Waals surface area contributed by atoms with Crippen LogP contribution in [0.3, 0.4) is 0 Å². The highest BCUT2D eigenvalue weighted by molar-refractivity contribution is 9.11. The van der Waals surface area contributed by atoms with Gasteiger partial charge < -0.3 is 0 Å². The third-order valence-corrected chi connectivity index (χ3v) is 9.80. The molecule has 1 aliphatic rings. The van der Waals surface area contributed by atoms with E-state index < -0.39 is 0 Å². The molecule has 5 heteroatoms. The van der Waals surface area contributed by atoms with Gasteiger partial charge in [0.1, 0.15) is 0 Å². The van der Waals surface area contributed by atoms with Crippen LogP contribution in [0.25, 0.3) is 9.75 Å². The Bertz CT molecular complexity index is 804. The van der Waals surface area contributed by atoms with Crippen LogP contribution in [0.2, 0.25) is 0 Å². The quantitative estimate of drug-likeness (QED) is 0.225. The number of rotatable bonds is 11. The summed E-state index contributed by atoms with van der Waals surface area (Å²) in [6.07, 6.45) is 14.5. The molecule has 148 valence electrons. The van der Waals surface area contributed by atoms with Gasteiger partial charge in [0, 0.05) is 11.1 Å². The molecule has 0 aliphatic heterocycles. The lowest BCUT2D eigenvalue weighted by Gasteiger charge is -2.05. The molecule has 3 rings (SSSR count). The van der Waals surface area contributed by atoms with Crippen LogP contribution in [0.5, 0.6) is 0 Å². The molecular weight excluding hydrogens is 504 g/mol. The van der Waals surface area contributed by atoms with Crippen molar-refractivity contribution < 1.29 is 4.79 Å². The molecule has 0 aromatic carbocycles. The first-order valence-electron chi connectivity index (χ1n) is 10.2. The molecule has 2 aromatic rings.